The Morgan fingerprint density at radius 3 is 2.94 bits per heavy atom. The number of nitrogens with zero attached hydrogens (tertiary/aromatic N) is 2. The van der Waals surface area contributed by atoms with Gasteiger partial charge in [-0.15, -0.1) is 11.3 Å². The zero-order chi connectivity index (χ0) is 12.4. The summed E-state index contributed by atoms with van der Waals surface area (Å²) in [4.78, 5) is 29.2. The van der Waals surface area contributed by atoms with Gasteiger partial charge in [-0.05, 0) is 13.3 Å². The molecule has 0 radical (unpaired) electrons. The fourth-order valence-electron chi connectivity index (χ4n) is 1.93. The van der Waals surface area contributed by atoms with Crippen LogP contribution in [0, 0.1) is 12.8 Å². The summed E-state index contributed by atoms with van der Waals surface area (Å²) in [6, 6.07) is 0. The summed E-state index contributed by atoms with van der Waals surface area (Å²) in [5.74, 6) is -0.529. The second kappa shape index (κ2) is 4.83. The van der Waals surface area contributed by atoms with E-state index in [0.29, 0.717) is 25.2 Å². The Hall–Kier alpha value is -1.43. The van der Waals surface area contributed by atoms with Gasteiger partial charge in [-0.3, -0.25) is 9.59 Å². The van der Waals surface area contributed by atoms with Crippen molar-refractivity contribution in [2.75, 3.05) is 20.2 Å². The van der Waals surface area contributed by atoms with E-state index < -0.39 is 0 Å². The molecule has 5 nitrogen and oxygen atoms in total. The highest BCUT2D eigenvalue weighted by atomic mass is 32.1. The number of carbonyl (C=O) groups is 2. The number of hydrogen-bond donors (Lipinski definition) is 0. The number of likely N-dealkylation sites (tertiary alicyclic amines) is 1. The molecule has 1 amide bonds. The highest BCUT2D eigenvalue weighted by Gasteiger charge is 2.32. The number of thiazole rings is 1. The Morgan fingerprint density at radius 1 is 1.59 bits per heavy atom. The molecule has 2 rings (SSSR count). The van der Waals surface area contributed by atoms with Gasteiger partial charge in [-0.1, -0.05) is 0 Å². The largest absolute Gasteiger partial charge is 0.469 e. The summed E-state index contributed by atoms with van der Waals surface area (Å²) in [5, 5.41) is 2.63. The van der Waals surface area contributed by atoms with Crippen LogP contribution in [0.1, 0.15) is 21.9 Å². The molecule has 92 valence electrons. The number of ether oxygens (including phenoxy) is 1. The molecule has 1 aliphatic rings. The lowest BCUT2D eigenvalue weighted by Crippen LogP contribution is -2.30. The first kappa shape index (κ1) is 12.0. The molecule has 0 spiro atoms. The van der Waals surface area contributed by atoms with Crippen molar-refractivity contribution in [2.45, 2.75) is 13.3 Å². The van der Waals surface area contributed by atoms with Crippen LogP contribution < -0.4 is 0 Å². The quantitative estimate of drug-likeness (QED) is 0.741. The average molecular weight is 254 g/mol. The van der Waals surface area contributed by atoms with E-state index in [-0.39, 0.29) is 17.8 Å². The highest BCUT2D eigenvalue weighted by molar-refractivity contribution is 7.09. The molecule has 0 aromatic carbocycles. The van der Waals surface area contributed by atoms with Gasteiger partial charge in [0.2, 0.25) is 0 Å². The molecule has 0 saturated carbocycles. The van der Waals surface area contributed by atoms with E-state index in [2.05, 4.69) is 9.72 Å². The number of rotatable bonds is 2. The standard InChI is InChI=1S/C11H14N2O3S/c1-7-12-9(6-17-7)10(14)13-4-3-8(5-13)11(15)16-2/h6,8H,3-5H2,1-2H3. The second-order valence-electron chi connectivity index (χ2n) is 4.01. The van der Waals surface area contributed by atoms with Crippen molar-refractivity contribution in [3.8, 4) is 0 Å². The van der Waals surface area contributed by atoms with Crippen LogP contribution >= 0.6 is 11.3 Å². The Bertz CT molecular complexity index is 444. The molecule has 1 aliphatic heterocycles. The Labute approximate surface area is 103 Å². The van der Waals surface area contributed by atoms with Crippen molar-refractivity contribution in [1.29, 1.82) is 0 Å². The number of carbonyl (C=O) groups excluding carboxylic acids is 2. The summed E-state index contributed by atoms with van der Waals surface area (Å²) in [7, 11) is 1.37. The molecule has 1 unspecified atom stereocenters. The van der Waals surface area contributed by atoms with Crippen molar-refractivity contribution in [3.05, 3.63) is 16.1 Å². The third kappa shape index (κ3) is 2.46. The molecule has 1 aromatic rings. The lowest BCUT2D eigenvalue weighted by molar-refractivity contribution is -0.144. The summed E-state index contributed by atoms with van der Waals surface area (Å²) >= 11 is 1.45. The summed E-state index contributed by atoms with van der Waals surface area (Å²) in [6.07, 6.45) is 0.668. The van der Waals surface area contributed by atoms with Gasteiger partial charge in [0.05, 0.1) is 18.0 Å². The average Bonchev–Trinajstić information content (AvgIpc) is 2.95. The normalized spacial score (nSPS) is 19.4. The van der Waals surface area contributed by atoms with Crippen molar-refractivity contribution < 1.29 is 14.3 Å². The minimum absolute atomic E-state index is 0.0965. The van der Waals surface area contributed by atoms with Gasteiger partial charge in [0.15, 0.2) is 0 Å². The number of amides is 1. The number of aromatic nitrogens is 1. The van der Waals surface area contributed by atoms with Crippen LogP contribution in [0.3, 0.4) is 0 Å². The van der Waals surface area contributed by atoms with Gasteiger partial charge in [0.25, 0.3) is 5.91 Å². The Balaban J connectivity index is 2.01. The van der Waals surface area contributed by atoms with Gasteiger partial charge in [-0.2, -0.15) is 0 Å². The molecule has 17 heavy (non-hydrogen) atoms. The molecule has 0 bridgehead atoms. The van der Waals surface area contributed by atoms with Gasteiger partial charge < -0.3 is 9.64 Å². The van der Waals surface area contributed by atoms with Crippen molar-refractivity contribution in [1.82, 2.24) is 9.88 Å². The number of esters is 1. The van der Waals surface area contributed by atoms with E-state index in [1.54, 1.807) is 10.3 Å². The van der Waals surface area contributed by atoms with Crippen LogP contribution in [0.4, 0.5) is 0 Å². The van der Waals surface area contributed by atoms with Gasteiger partial charge in [0, 0.05) is 18.5 Å². The van der Waals surface area contributed by atoms with Gasteiger partial charge >= 0.3 is 5.97 Å². The predicted molar refractivity (Wildman–Crippen MR) is 62.9 cm³/mol. The van der Waals surface area contributed by atoms with E-state index in [1.807, 2.05) is 6.92 Å². The van der Waals surface area contributed by atoms with E-state index in [9.17, 15) is 9.59 Å². The lowest BCUT2D eigenvalue weighted by atomic mass is 10.1. The minimum Gasteiger partial charge on any atom is -0.469 e. The van der Waals surface area contributed by atoms with E-state index in [4.69, 9.17) is 0 Å². The summed E-state index contributed by atoms with van der Waals surface area (Å²) < 4.78 is 4.68. The smallest absolute Gasteiger partial charge is 0.310 e. The zero-order valence-corrected chi connectivity index (χ0v) is 10.6. The number of aryl methyl sites for hydroxylation is 1. The number of hydrogen-bond acceptors (Lipinski definition) is 5. The molecular formula is C11H14N2O3S. The van der Waals surface area contributed by atoms with Crippen LogP contribution in [0.25, 0.3) is 0 Å². The first-order valence-corrected chi connectivity index (χ1v) is 6.29. The molecule has 6 heteroatoms. The van der Waals surface area contributed by atoms with Crippen LogP contribution in [0.15, 0.2) is 5.38 Å². The maximum absolute atomic E-state index is 12.0. The zero-order valence-electron chi connectivity index (χ0n) is 9.80. The highest BCUT2D eigenvalue weighted by Crippen LogP contribution is 2.20. The maximum Gasteiger partial charge on any atom is 0.310 e. The molecule has 1 saturated heterocycles. The SMILES string of the molecule is COC(=O)C1CCN(C(=O)c2csc(C)n2)C1. The Morgan fingerprint density at radius 2 is 2.35 bits per heavy atom. The molecule has 1 atom stereocenters. The minimum atomic E-state index is -0.241. The van der Waals surface area contributed by atoms with E-state index >= 15 is 0 Å². The molecule has 1 aromatic heterocycles. The van der Waals surface area contributed by atoms with Crippen molar-refractivity contribution in [2.24, 2.45) is 5.92 Å². The van der Waals surface area contributed by atoms with E-state index in [0.717, 1.165) is 5.01 Å². The fraction of sp³-hybridized carbons (Fsp3) is 0.545. The first-order chi connectivity index (χ1) is 8.11. The number of methoxy groups -OCH3 is 1. The van der Waals surface area contributed by atoms with Crippen LogP contribution in [-0.2, 0) is 9.53 Å². The summed E-state index contributed by atoms with van der Waals surface area (Å²) in [5.41, 5.74) is 0.470. The van der Waals surface area contributed by atoms with Crippen LogP contribution in [-0.4, -0.2) is 42.0 Å². The predicted octanol–water partition coefficient (Wildman–Crippen LogP) is 1.09. The molecule has 2 heterocycles. The lowest BCUT2D eigenvalue weighted by Gasteiger charge is -2.14. The maximum atomic E-state index is 12.0. The second-order valence-corrected chi connectivity index (χ2v) is 5.07. The first-order valence-electron chi connectivity index (χ1n) is 5.41. The van der Waals surface area contributed by atoms with Crippen LogP contribution in [0.2, 0.25) is 0 Å². The third-order valence-corrected chi connectivity index (χ3v) is 3.62. The van der Waals surface area contributed by atoms with Crippen molar-refractivity contribution in [3.63, 3.8) is 0 Å². The van der Waals surface area contributed by atoms with E-state index in [1.165, 1.54) is 18.4 Å². The molecular weight excluding hydrogens is 240 g/mol. The fourth-order valence-corrected chi connectivity index (χ4v) is 2.51. The summed E-state index contributed by atoms with van der Waals surface area (Å²) in [6.45, 7) is 2.89. The Kier molecular flexibility index (Phi) is 3.42. The van der Waals surface area contributed by atoms with Crippen molar-refractivity contribution >= 4 is 23.2 Å². The topological polar surface area (TPSA) is 59.5 Å². The van der Waals surface area contributed by atoms with Gasteiger partial charge in [-0.25, -0.2) is 4.98 Å². The third-order valence-electron chi connectivity index (χ3n) is 2.85. The molecule has 0 N–H and O–H groups in total. The monoisotopic (exact) mass is 254 g/mol. The molecule has 0 aliphatic carbocycles. The van der Waals surface area contributed by atoms with Crippen LogP contribution in [0.5, 0.6) is 0 Å². The van der Waals surface area contributed by atoms with Gasteiger partial charge in [0.1, 0.15) is 5.69 Å². The molecule has 1 fully saturated rings.